The molecule has 3 rings (SSSR count). The number of hydrogen-bond acceptors (Lipinski definition) is 2. The van der Waals surface area contributed by atoms with Crippen LogP contribution in [-0.2, 0) is 0 Å². The Balaban J connectivity index is 1.71. The molecule has 0 unspecified atom stereocenters. The van der Waals surface area contributed by atoms with Gasteiger partial charge in [-0.2, -0.15) is 5.10 Å². The van der Waals surface area contributed by atoms with Crippen molar-refractivity contribution in [3.05, 3.63) is 83.4 Å². The summed E-state index contributed by atoms with van der Waals surface area (Å²) in [6.45, 7) is 2.03. The van der Waals surface area contributed by atoms with Gasteiger partial charge in [0.1, 0.15) is 0 Å². The van der Waals surface area contributed by atoms with E-state index < -0.39 is 0 Å². The number of nitrogens with one attached hydrogen (secondary N) is 1. The molecular weight excluding hydrogens is 272 g/mol. The van der Waals surface area contributed by atoms with Crippen LogP contribution in [0.1, 0.15) is 21.5 Å². The predicted octanol–water partition coefficient (Wildman–Crippen LogP) is 3.91. The highest BCUT2D eigenvalue weighted by Crippen LogP contribution is 2.15. The van der Waals surface area contributed by atoms with E-state index in [0.29, 0.717) is 5.56 Å². The maximum atomic E-state index is 12.1. The van der Waals surface area contributed by atoms with E-state index >= 15 is 0 Å². The molecule has 3 nitrogen and oxygen atoms in total. The normalized spacial score (nSPS) is 11.0. The van der Waals surface area contributed by atoms with E-state index in [2.05, 4.69) is 10.5 Å². The van der Waals surface area contributed by atoms with Crippen molar-refractivity contribution in [3.8, 4) is 0 Å². The molecule has 0 saturated heterocycles. The average Bonchev–Trinajstić information content (AvgIpc) is 2.56. The molecule has 0 radical (unpaired) electrons. The first-order chi connectivity index (χ1) is 10.7. The van der Waals surface area contributed by atoms with Crippen LogP contribution in [0.25, 0.3) is 10.8 Å². The first-order valence-corrected chi connectivity index (χ1v) is 7.11. The van der Waals surface area contributed by atoms with Crippen LogP contribution in [-0.4, -0.2) is 12.1 Å². The number of carbonyl (C=O) groups excluding carboxylic acids is 1. The molecule has 1 amide bonds. The van der Waals surface area contributed by atoms with Gasteiger partial charge in [0.15, 0.2) is 0 Å². The third kappa shape index (κ3) is 3.20. The number of hydrazone groups is 1. The van der Waals surface area contributed by atoms with Crippen molar-refractivity contribution in [2.75, 3.05) is 0 Å². The SMILES string of the molecule is Cc1ccc(/C=N\NC(=O)c2ccc3ccccc3c2)cc1. The van der Waals surface area contributed by atoms with Gasteiger partial charge >= 0.3 is 0 Å². The fourth-order valence-electron chi connectivity index (χ4n) is 2.21. The second kappa shape index (κ2) is 6.22. The maximum absolute atomic E-state index is 12.1. The second-order valence-electron chi connectivity index (χ2n) is 5.17. The van der Waals surface area contributed by atoms with Gasteiger partial charge in [-0.25, -0.2) is 5.43 Å². The molecule has 0 aliphatic carbocycles. The molecule has 0 bridgehead atoms. The Labute approximate surface area is 129 Å². The summed E-state index contributed by atoms with van der Waals surface area (Å²) in [5.41, 5.74) is 5.29. The molecule has 0 spiro atoms. The maximum Gasteiger partial charge on any atom is 0.271 e. The Morgan fingerprint density at radius 2 is 1.68 bits per heavy atom. The average molecular weight is 288 g/mol. The van der Waals surface area contributed by atoms with Gasteiger partial charge in [-0.15, -0.1) is 0 Å². The molecule has 0 aromatic heterocycles. The van der Waals surface area contributed by atoms with E-state index in [4.69, 9.17) is 0 Å². The van der Waals surface area contributed by atoms with Crippen molar-refractivity contribution in [1.82, 2.24) is 5.43 Å². The Hall–Kier alpha value is -2.94. The minimum absolute atomic E-state index is 0.214. The number of carbonyl (C=O) groups is 1. The lowest BCUT2D eigenvalue weighted by atomic mass is 10.1. The van der Waals surface area contributed by atoms with Gasteiger partial charge in [0, 0.05) is 5.56 Å². The van der Waals surface area contributed by atoms with Crippen molar-refractivity contribution in [1.29, 1.82) is 0 Å². The topological polar surface area (TPSA) is 41.5 Å². The molecule has 1 N–H and O–H groups in total. The van der Waals surface area contributed by atoms with Crippen LogP contribution in [0, 0.1) is 6.92 Å². The first kappa shape index (κ1) is 14.0. The standard InChI is InChI=1S/C19H16N2O/c1-14-6-8-15(9-7-14)13-20-21-19(22)18-11-10-16-4-2-3-5-17(16)12-18/h2-13H,1H3,(H,21,22)/b20-13-. The van der Waals surface area contributed by atoms with Crippen LogP contribution in [0.3, 0.4) is 0 Å². The van der Waals surface area contributed by atoms with Crippen LogP contribution in [0.15, 0.2) is 71.8 Å². The Bertz CT molecular complexity index is 835. The summed E-state index contributed by atoms with van der Waals surface area (Å²) in [4.78, 5) is 12.1. The predicted molar refractivity (Wildman–Crippen MR) is 90.2 cm³/mol. The lowest BCUT2D eigenvalue weighted by Gasteiger charge is -2.02. The zero-order valence-corrected chi connectivity index (χ0v) is 12.3. The highest BCUT2D eigenvalue weighted by Gasteiger charge is 2.04. The van der Waals surface area contributed by atoms with Gasteiger partial charge in [-0.3, -0.25) is 4.79 Å². The van der Waals surface area contributed by atoms with Crippen molar-refractivity contribution < 1.29 is 4.79 Å². The van der Waals surface area contributed by atoms with Crippen LogP contribution < -0.4 is 5.43 Å². The van der Waals surface area contributed by atoms with E-state index in [1.165, 1.54) is 5.56 Å². The fraction of sp³-hybridized carbons (Fsp3) is 0.0526. The summed E-state index contributed by atoms with van der Waals surface area (Å²) in [5.74, 6) is -0.214. The van der Waals surface area contributed by atoms with Crippen LogP contribution in [0.5, 0.6) is 0 Å². The quantitative estimate of drug-likeness (QED) is 0.576. The number of aryl methyl sites for hydroxylation is 1. The lowest BCUT2D eigenvalue weighted by Crippen LogP contribution is -2.17. The zero-order valence-electron chi connectivity index (χ0n) is 12.3. The second-order valence-corrected chi connectivity index (χ2v) is 5.17. The number of benzene rings is 3. The first-order valence-electron chi connectivity index (χ1n) is 7.11. The van der Waals surface area contributed by atoms with E-state index in [9.17, 15) is 4.79 Å². The Morgan fingerprint density at radius 1 is 0.955 bits per heavy atom. The van der Waals surface area contributed by atoms with Crippen molar-refractivity contribution in [3.63, 3.8) is 0 Å². The molecule has 22 heavy (non-hydrogen) atoms. The zero-order chi connectivity index (χ0) is 15.4. The van der Waals surface area contributed by atoms with Crippen molar-refractivity contribution >= 4 is 22.9 Å². The summed E-state index contributed by atoms with van der Waals surface area (Å²) < 4.78 is 0. The number of rotatable bonds is 3. The molecular formula is C19H16N2O. The largest absolute Gasteiger partial charge is 0.271 e. The molecule has 3 aromatic rings. The Kier molecular flexibility index (Phi) is 3.97. The van der Waals surface area contributed by atoms with Gasteiger partial charge in [0.2, 0.25) is 0 Å². The van der Waals surface area contributed by atoms with E-state index in [0.717, 1.165) is 16.3 Å². The van der Waals surface area contributed by atoms with Crippen LogP contribution >= 0.6 is 0 Å². The third-order valence-corrected chi connectivity index (χ3v) is 3.47. The number of amides is 1. The van der Waals surface area contributed by atoms with Gasteiger partial charge in [-0.1, -0.05) is 60.2 Å². The van der Waals surface area contributed by atoms with Gasteiger partial charge in [0.25, 0.3) is 5.91 Å². The number of nitrogens with zero attached hydrogens (tertiary/aromatic N) is 1. The van der Waals surface area contributed by atoms with E-state index in [1.54, 1.807) is 12.3 Å². The smallest absolute Gasteiger partial charge is 0.267 e. The van der Waals surface area contributed by atoms with Crippen LogP contribution in [0.4, 0.5) is 0 Å². The molecule has 0 heterocycles. The lowest BCUT2D eigenvalue weighted by molar-refractivity contribution is 0.0955. The van der Waals surface area contributed by atoms with Gasteiger partial charge in [0.05, 0.1) is 6.21 Å². The van der Waals surface area contributed by atoms with Gasteiger partial charge < -0.3 is 0 Å². The summed E-state index contributed by atoms with van der Waals surface area (Å²) >= 11 is 0. The molecule has 3 aromatic carbocycles. The van der Waals surface area contributed by atoms with E-state index in [-0.39, 0.29) is 5.91 Å². The van der Waals surface area contributed by atoms with Gasteiger partial charge in [-0.05, 0) is 35.4 Å². The summed E-state index contributed by atoms with van der Waals surface area (Å²) in [5, 5.41) is 6.16. The molecule has 0 aliphatic rings. The highest BCUT2D eigenvalue weighted by molar-refractivity contribution is 5.98. The third-order valence-electron chi connectivity index (χ3n) is 3.47. The monoisotopic (exact) mass is 288 g/mol. The Morgan fingerprint density at radius 3 is 2.45 bits per heavy atom. The highest BCUT2D eigenvalue weighted by atomic mass is 16.2. The van der Waals surface area contributed by atoms with E-state index in [1.807, 2.05) is 67.6 Å². The van der Waals surface area contributed by atoms with Crippen molar-refractivity contribution in [2.24, 2.45) is 5.10 Å². The molecule has 0 atom stereocenters. The van der Waals surface area contributed by atoms with Crippen molar-refractivity contribution in [2.45, 2.75) is 6.92 Å². The van der Waals surface area contributed by atoms with Crippen LogP contribution in [0.2, 0.25) is 0 Å². The fourth-order valence-corrected chi connectivity index (χ4v) is 2.21. The summed E-state index contributed by atoms with van der Waals surface area (Å²) in [6, 6.07) is 21.5. The minimum Gasteiger partial charge on any atom is -0.267 e. The minimum atomic E-state index is -0.214. The molecule has 0 aliphatic heterocycles. The molecule has 0 saturated carbocycles. The summed E-state index contributed by atoms with van der Waals surface area (Å²) in [7, 11) is 0. The molecule has 108 valence electrons. The number of hydrogen-bond donors (Lipinski definition) is 1. The molecule has 3 heteroatoms. The summed E-state index contributed by atoms with van der Waals surface area (Å²) in [6.07, 6.45) is 1.64. The molecule has 0 fully saturated rings. The number of fused-ring (bicyclic) bond motifs is 1.